The van der Waals surface area contributed by atoms with Gasteiger partial charge < -0.3 is 9.51 Å². The molecule has 3 aromatic carbocycles. The number of aromatic amines is 1. The van der Waals surface area contributed by atoms with Gasteiger partial charge in [0.2, 0.25) is 5.82 Å². The van der Waals surface area contributed by atoms with Gasteiger partial charge in [-0.1, -0.05) is 53.7 Å². The van der Waals surface area contributed by atoms with Crippen LogP contribution in [0.15, 0.2) is 86.9 Å². The zero-order chi connectivity index (χ0) is 21.4. The van der Waals surface area contributed by atoms with E-state index in [9.17, 15) is 14.0 Å². The third-order valence-corrected chi connectivity index (χ3v) is 4.97. The minimum absolute atomic E-state index is 0.164. The van der Waals surface area contributed by atoms with Crippen LogP contribution >= 0.6 is 0 Å². The summed E-state index contributed by atoms with van der Waals surface area (Å²) in [5.74, 6) is 0.219. The van der Waals surface area contributed by atoms with Crippen LogP contribution in [0.5, 0.6) is 0 Å². The normalized spacial score (nSPS) is 11.1. The first kappa shape index (κ1) is 18.7. The van der Waals surface area contributed by atoms with Gasteiger partial charge in [0.25, 0.3) is 11.4 Å². The van der Waals surface area contributed by atoms with E-state index >= 15 is 0 Å². The Hall–Kier alpha value is -4.33. The summed E-state index contributed by atoms with van der Waals surface area (Å²) in [6.45, 7) is -0.164. The molecular formula is C23H15FN4O3. The molecule has 31 heavy (non-hydrogen) atoms. The third-order valence-electron chi connectivity index (χ3n) is 4.97. The zero-order valence-electron chi connectivity index (χ0n) is 16.1. The fourth-order valence-corrected chi connectivity index (χ4v) is 3.37. The quantitative estimate of drug-likeness (QED) is 0.485. The highest BCUT2D eigenvalue weighted by molar-refractivity contribution is 5.82. The molecule has 7 nitrogen and oxygen atoms in total. The second-order valence-corrected chi connectivity index (χ2v) is 6.96. The minimum Gasteiger partial charge on any atom is -0.334 e. The SMILES string of the molecule is O=c1[nH]c2cc(-c3nc(-c4ccccc4)no3)ccc2c(=O)n1Cc1ccccc1F. The number of hydrogen-bond donors (Lipinski definition) is 1. The summed E-state index contributed by atoms with van der Waals surface area (Å²) in [4.78, 5) is 32.5. The fourth-order valence-electron chi connectivity index (χ4n) is 3.37. The molecule has 0 unspecified atom stereocenters. The van der Waals surface area contributed by atoms with Gasteiger partial charge >= 0.3 is 5.69 Å². The van der Waals surface area contributed by atoms with Crippen molar-refractivity contribution in [1.82, 2.24) is 19.7 Å². The van der Waals surface area contributed by atoms with Gasteiger partial charge in [0.05, 0.1) is 17.4 Å². The van der Waals surface area contributed by atoms with Crippen LogP contribution in [0, 0.1) is 5.82 Å². The number of hydrogen-bond acceptors (Lipinski definition) is 5. The Labute approximate surface area is 174 Å². The topological polar surface area (TPSA) is 93.8 Å². The van der Waals surface area contributed by atoms with Crippen LogP contribution < -0.4 is 11.2 Å². The number of nitrogens with one attached hydrogen (secondary N) is 1. The summed E-state index contributed by atoms with van der Waals surface area (Å²) in [5.41, 5.74) is 0.811. The number of rotatable bonds is 4. The van der Waals surface area contributed by atoms with E-state index in [-0.39, 0.29) is 18.0 Å². The predicted molar refractivity (Wildman–Crippen MR) is 113 cm³/mol. The number of fused-ring (bicyclic) bond motifs is 1. The molecule has 0 fully saturated rings. The average Bonchev–Trinajstić information content (AvgIpc) is 3.28. The van der Waals surface area contributed by atoms with Gasteiger partial charge in [0, 0.05) is 16.7 Å². The van der Waals surface area contributed by atoms with E-state index in [2.05, 4.69) is 15.1 Å². The van der Waals surface area contributed by atoms with Crippen LogP contribution in [0.2, 0.25) is 0 Å². The molecule has 152 valence electrons. The van der Waals surface area contributed by atoms with E-state index < -0.39 is 17.1 Å². The Balaban J connectivity index is 1.54. The Morgan fingerprint density at radius 3 is 2.52 bits per heavy atom. The van der Waals surface area contributed by atoms with Gasteiger partial charge in [0.15, 0.2) is 0 Å². The standard InChI is InChI=1S/C23H15FN4O3/c24-18-9-5-4-8-16(18)13-28-22(29)17-11-10-15(12-19(17)25-23(28)30)21-26-20(27-31-21)14-6-2-1-3-7-14/h1-12H,13H2,(H,25,30). The van der Waals surface area contributed by atoms with E-state index in [1.807, 2.05) is 30.3 Å². The van der Waals surface area contributed by atoms with E-state index in [1.165, 1.54) is 12.1 Å². The van der Waals surface area contributed by atoms with Crippen molar-refractivity contribution in [3.8, 4) is 22.8 Å². The Bertz CT molecular complexity index is 1520. The summed E-state index contributed by atoms with van der Waals surface area (Å²) in [6.07, 6.45) is 0. The van der Waals surface area contributed by atoms with Crippen molar-refractivity contribution in [3.05, 3.63) is 105 Å². The summed E-state index contributed by atoms with van der Waals surface area (Å²) in [5, 5.41) is 4.28. The van der Waals surface area contributed by atoms with Crippen LogP contribution in [-0.2, 0) is 6.54 Å². The summed E-state index contributed by atoms with van der Waals surface area (Å²) >= 11 is 0. The van der Waals surface area contributed by atoms with Crippen LogP contribution in [0.4, 0.5) is 4.39 Å². The Morgan fingerprint density at radius 1 is 0.935 bits per heavy atom. The number of benzene rings is 3. The van der Waals surface area contributed by atoms with Crippen molar-refractivity contribution in [2.75, 3.05) is 0 Å². The highest BCUT2D eigenvalue weighted by atomic mass is 19.1. The molecule has 5 rings (SSSR count). The van der Waals surface area contributed by atoms with Crippen molar-refractivity contribution in [1.29, 1.82) is 0 Å². The number of halogens is 1. The molecule has 0 atom stereocenters. The minimum atomic E-state index is -0.631. The Morgan fingerprint density at radius 2 is 1.71 bits per heavy atom. The van der Waals surface area contributed by atoms with Gasteiger partial charge in [-0.2, -0.15) is 4.98 Å². The zero-order valence-corrected chi connectivity index (χ0v) is 16.1. The lowest BCUT2D eigenvalue weighted by molar-refractivity contribution is 0.432. The molecule has 5 aromatic rings. The van der Waals surface area contributed by atoms with Gasteiger partial charge in [-0.05, 0) is 24.3 Å². The van der Waals surface area contributed by atoms with E-state index in [0.717, 1.165) is 10.1 Å². The lowest BCUT2D eigenvalue weighted by Gasteiger charge is -2.08. The van der Waals surface area contributed by atoms with Crippen molar-refractivity contribution in [2.45, 2.75) is 6.54 Å². The van der Waals surface area contributed by atoms with Crippen LogP contribution in [0.1, 0.15) is 5.56 Å². The molecule has 0 aliphatic heterocycles. The van der Waals surface area contributed by atoms with Crippen LogP contribution in [0.25, 0.3) is 33.7 Å². The summed E-state index contributed by atoms with van der Waals surface area (Å²) in [6, 6.07) is 20.2. The molecule has 0 spiro atoms. The number of nitrogens with zero attached hydrogens (tertiary/aromatic N) is 3. The number of aromatic nitrogens is 4. The van der Waals surface area contributed by atoms with Crippen molar-refractivity contribution >= 4 is 10.9 Å². The van der Waals surface area contributed by atoms with E-state index in [0.29, 0.717) is 22.3 Å². The molecule has 0 bridgehead atoms. The largest absolute Gasteiger partial charge is 0.334 e. The lowest BCUT2D eigenvalue weighted by Crippen LogP contribution is -2.35. The summed E-state index contributed by atoms with van der Waals surface area (Å²) in [7, 11) is 0. The number of H-pyrrole nitrogens is 1. The molecule has 2 aromatic heterocycles. The monoisotopic (exact) mass is 414 g/mol. The smallest absolute Gasteiger partial charge is 0.329 e. The van der Waals surface area contributed by atoms with Gasteiger partial charge in [-0.3, -0.25) is 9.36 Å². The van der Waals surface area contributed by atoms with Crippen molar-refractivity contribution < 1.29 is 8.91 Å². The molecule has 2 heterocycles. The van der Waals surface area contributed by atoms with Gasteiger partial charge in [-0.25, -0.2) is 9.18 Å². The Kier molecular flexibility index (Phi) is 4.51. The van der Waals surface area contributed by atoms with E-state index in [1.54, 1.807) is 30.3 Å². The summed E-state index contributed by atoms with van der Waals surface area (Å²) < 4.78 is 20.3. The van der Waals surface area contributed by atoms with Crippen molar-refractivity contribution in [3.63, 3.8) is 0 Å². The second-order valence-electron chi connectivity index (χ2n) is 6.96. The molecule has 0 saturated heterocycles. The fraction of sp³-hybridized carbons (Fsp3) is 0.0435. The maximum Gasteiger partial charge on any atom is 0.329 e. The molecular weight excluding hydrogens is 399 g/mol. The lowest BCUT2D eigenvalue weighted by atomic mass is 10.1. The maximum atomic E-state index is 14.0. The second kappa shape index (κ2) is 7.49. The molecule has 0 aliphatic rings. The highest BCUT2D eigenvalue weighted by Crippen LogP contribution is 2.23. The molecule has 1 N–H and O–H groups in total. The molecule has 0 radical (unpaired) electrons. The molecule has 0 amide bonds. The van der Waals surface area contributed by atoms with Gasteiger partial charge in [-0.15, -0.1) is 0 Å². The van der Waals surface area contributed by atoms with Crippen molar-refractivity contribution in [2.24, 2.45) is 0 Å². The first-order chi connectivity index (χ1) is 15.1. The van der Waals surface area contributed by atoms with Crippen LogP contribution in [-0.4, -0.2) is 19.7 Å². The van der Waals surface area contributed by atoms with E-state index in [4.69, 9.17) is 4.52 Å². The molecule has 0 aliphatic carbocycles. The highest BCUT2D eigenvalue weighted by Gasteiger charge is 2.14. The molecule has 8 heteroatoms. The average molecular weight is 414 g/mol. The van der Waals surface area contributed by atoms with Crippen LogP contribution in [0.3, 0.4) is 0 Å². The maximum absolute atomic E-state index is 14.0. The first-order valence-electron chi connectivity index (χ1n) is 9.50. The van der Waals surface area contributed by atoms with Gasteiger partial charge in [0.1, 0.15) is 5.82 Å². The first-order valence-corrected chi connectivity index (χ1v) is 9.50. The third kappa shape index (κ3) is 3.44. The molecule has 0 saturated carbocycles. The predicted octanol–water partition coefficient (Wildman–Crippen LogP) is 3.59.